The van der Waals surface area contributed by atoms with Crippen LogP contribution in [0.3, 0.4) is 0 Å². The second-order valence-corrected chi connectivity index (χ2v) is 3.02. The predicted octanol–water partition coefficient (Wildman–Crippen LogP) is 1.86. The number of carbonyl (C=O) groups is 1. The summed E-state index contributed by atoms with van der Waals surface area (Å²) < 4.78 is 5.36. The zero-order chi connectivity index (χ0) is 11.8. The van der Waals surface area contributed by atoms with Crippen molar-refractivity contribution in [2.24, 2.45) is 10.8 Å². The number of amides is 1. The van der Waals surface area contributed by atoms with Crippen LogP contribution in [0, 0.1) is 0 Å². The van der Waals surface area contributed by atoms with Crippen molar-refractivity contribution in [3.63, 3.8) is 0 Å². The second kappa shape index (κ2) is 6.31. The Morgan fingerprint density at radius 3 is 2.94 bits per heavy atom. The molecule has 0 atom stereocenters. The van der Waals surface area contributed by atoms with Crippen LogP contribution in [0.15, 0.2) is 29.4 Å². The van der Waals surface area contributed by atoms with Gasteiger partial charge < -0.3 is 10.5 Å². The first-order valence-electron chi connectivity index (χ1n) is 4.78. The number of benzene rings is 1. The van der Waals surface area contributed by atoms with Crippen LogP contribution in [0.25, 0.3) is 10.4 Å². The smallest absolute Gasteiger partial charge is 0.252 e. The number of ether oxygens (including phenoxy) is 1. The summed E-state index contributed by atoms with van der Waals surface area (Å²) in [7, 11) is 0. The van der Waals surface area contributed by atoms with Crippen molar-refractivity contribution in [3.05, 3.63) is 40.3 Å². The van der Waals surface area contributed by atoms with Crippen molar-refractivity contribution in [1.82, 2.24) is 0 Å². The highest BCUT2D eigenvalue weighted by Crippen LogP contribution is 2.17. The molecule has 1 rings (SSSR count). The molecule has 0 saturated heterocycles. The van der Waals surface area contributed by atoms with Crippen molar-refractivity contribution < 1.29 is 9.53 Å². The Morgan fingerprint density at radius 2 is 2.25 bits per heavy atom. The lowest BCUT2D eigenvalue weighted by Crippen LogP contribution is -2.13. The van der Waals surface area contributed by atoms with Crippen LogP contribution in [-0.4, -0.2) is 19.1 Å². The fourth-order valence-electron chi connectivity index (χ4n) is 1.16. The number of rotatable bonds is 6. The van der Waals surface area contributed by atoms with Gasteiger partial charge in [-0.3, -0.25) is 4.79 Å². The highest BCUT2D eigenvalue weighted by molar-refractivity contribution is 5.95. The number of primary amides is 1. The lowest BCUT2D eigenvalue weighted by Gasteiger charge is -2.08. The molecule has 1 amide bonds. The molecule has 0 radical (unpaired) electrons. The van der Waals surface area contributed by atoms with Gasteiger partial charge in [0.25, 0.3) is 5.91 Å². The Bertz CT molecular complexity index is 413. The Hall–Kier alpha value is -2.20. The van der Waals surface area contributed by atoms with Crippen LogP contribution in [0.4, 0.5) is 0 Å². The average molecular weight is 220 g/mol. The summed E-state index contributed by atoms with van der Waals surface area (Å²) in [6, 6.07) is 6.75. The van der Waals surface area contributed by atoms with Gasteiger partial charge in [-0.15, -0.1) is 0 Å². The van der Waals surface area contributed by atoms with Crippen molar-refractivity contribution in [1.29, 1.82) is 0 Å². The van der Waals surface area contributed by atoms with Crippen LogP contribution < -0.4 is 10.5 Å². The second-order valence-electron chi connectivity index (χ2n) is 3.02. The minimum absolute atomic E-state index is 0.353. The number of nitrogens with two attached hydrogens (primary N) is 1. The van der Waals surface area contributed by atoms with Gasteiger partial charge in [-0.25, -0.2) is 0 Å². The molecular weight excluding hydrogens is 208 g/mol. The molecule has 0 aliphatic rings. The molecule has 1 aromatic carbocycles. The maximum atomic E-state index is 11.0. The van der Waals surface area contributed by atoms with Crippen LogP contribution in [0.5, 0.6) is 5.75 Å². The van der Waals surface area contributed by atoms with Gasteiger partial charge in [0, 0.05) is 11.5 Å². The molecule has 84 valence electrons. The van der Waals surface area contributed by atoms with Crippen LogP contribution in [0.2, 0.25) is 0 Å². The molecule has 0 saturated carbocycles. The molecule has 6 nitrogen and oxygen atoms in total. The van der Waals surface area contributed by atoms with Gasteiger partial charge in [0.05, 0.1) is 12.2 Å². The van der Waals surface area contributed by atoms with Crippen molar-refractivity contribution in [2.75, 3.05) is 13.2 Å². The fraction of sp³-hybridized carbons (Fsp3) is 0.300. The van der Waals surface area contributed by atoms with E-state index in [0.29, 0.717) is 30.9 Å². The maximum Gasteiger partial charge on any atom is 0.252 e. The maximum absolute atomic E-state index is 11.0. The Balaban J connectivity index is 2.53. The standard InChI is InChI=1S/C10H12N4O2/c11-10(15)8-4-1-2-5-9(8)16-7-3-6-13-14-12/h1-2,4-5H,3,6-7H2,(H2,11,15). The summed E-state index contributed by atoms with van der Waals surface area (Å²) in [4.78, 5) is 13.7. The van der Waals surface area contributed by atoms with E-state index < -0.39 is 5.91 Å². The SMILES string of the molecule is [N-]=[N+]=NCCCOc1ccccc1C(N)=O. The van der Waals surface area contributed by atoms with Gasteiger partial charge in [-0.2, -0.15) is 0 Å². The van der Waals surface area contributed by atoms with Gasteiger partial charge in [-0.1, -0.05) is 17.2 Å². The average Bonchev–Trinajstić information content (AvgIpc) is 2.29. The predicted molar refractivity (Wildman–Crippen MR) is 59.1 cm³/mol. The molecule has 0 bridgehead atoms. The lowest BCUT2D eigenvalue weighted by molar-refractivity contribution is 0.0996. The van der Waals surface area contributed by atoms with Crippen molar-refractivity contribution in [2.45, 2.75) is 6.42 Å². The fourth-order valence-corrected chi connectivity index (χ4v) is 1.16. The van der Waals surface area contributed by atoms with Gasteiger partial charge in [-0.05, 0) is 24.1 Å². The van der Waals surface area contributed by atoms with E-state index in [-0.39, 0.29) is 0 Å². The Morgan fingerprint density at radius 1 is 1.50 bits per heavy atom. The Labute approximate surface area is 92.6 Å². The van der Waals surface area contributed by atoms with Gasteiger partial charge in [0.15, 0.2) is 0 Å². The molecule has 0 heterocycles. The summed E-state index contributed by atoms with van der Waals surface area (Å²) >= 11 is 0. The molecular formula is C10H12N4O2. The summed E-state index contributed by atoms with van der Waals surface area (Å²) in [5, 5.41) is 3.37. The zero-order valence-corrected chi connectivity index (χ0v) is 8.67. The number of hydrogen-bond donors (Lipinski definition) is 1. The molecule has 0 aliphatic heterocycles. The molecule has 0 unspecified atom stereocenters. The Kier molecular flexibility index (Phi) is 4.69. The molecule has 0 spiro atoms. The topological polar surface area (TPSA) is 101 Å². The number of carbonyl (C=O) groups excluding carboxylic acids is 1. The summed E-state index contributed by atoms with van der Waals surface area (Å²) in [5.41, 5.74) is 13.6. The number of hydrogen-bond acceptors (Lipinski definition) is 3. The molecule has 0 aromatic heterocycles. The lowest BCUT2D eigenvalue weighted by atomic mass is 10.2. The van der Waals surface area contributed by atoms with Gasteiger partial charge in [0.2, 0.25) is 0 Å². The van der Waals surface area contributed by atoms with Gasteiger partial charge >= 0.3 is 0 Å². The van der Waals surface area contributed by atoms with Crippen LogP contribution >= 0.6 is 0 Å². The van der Waals surface area contributed by atoms with Crippen molar-refractivity contribution >= 4 is 5.91 Å². The van der Waals surface area contributed by atoms with Gasteiger partial charge in [0.1, 0.15) is 5.75 Å². The minimum atomic E-state index is -0.523. The monoisotopic (exact) mass is 220 g/mol. The van der Waals surface area contributed by atoms with Crippen LogP contribution in [0.1, 0.15) is 16.8 Å². The van der Waals surface area contributed by atoms with E-state index in [9.17, 15) is 4.79 Å². The molecule has 1 aromatic rings. The number of nitrogens with zero attached hydrogens (tertiary/aromatic N) is 3. The normalized spacial score (nSPS) is 9.25. The third kappa shape index (κ3) is 3.51. The van der Waals surface area contributed by atoms with E-state index in [1.165, 1.54) is 0 Å². The highest BCUT2D eigenvalue weighted by atomic mass is 16.5. The number of para-hydroxylation sites is 1. The molecule has 0 aliphatic carbocycles. The highest BCUT2D eigenvalue weighted by Gasteiger charge is 2.07. The first-order chi connectivity index (χ1) is 7.75. The largest absolute Gasteiger partial charge is 0.493 e. The molecule has 0 fully saturated rings. The van der Waals surface area contributed by atoms with E-state index >= 15 is 0 Å². The summed E-state index contributed by atoms with van der Waals surface area (Å²) in [6.45, 7) is 0.749. The summed E-state index contributed by atoms with van der Waals surface area (Å²) in [6.07, 6.45) is 0.594. The molecule has 6 heteroatoms. The first-order valence-corrected chi connectivity index (χ1v) is 4.78. The van der Waals surface area contributed by atoms with E-state index in [1.807, 2.05) is 0 Å². The quantitative estimate of drug-likeness (QED) is 0.342. The van der Waals surface area contributed by atoms with E-state index in [4.69, 9.17) is 16.0 Å². The minimum Gasteiger partial charge on any atom is -0.493 e. The van der Waals surface area contributed by atoms with Crippen molar-refractivity contribution in [3.8, 4) is 5.75 Å². The van der Waals surface area contributed by atoms with Crippen LogP contribution in [-0.2, 0) is 0 Å². The zero-order valence-electron chi connectivity index (χ0n) is 8.67. The van der Waals surface area contributed by atoms with E-state index in [2.05, 4.69) is 10.0 Å². The van der Waals surface area contributed by atoms with E-state index in [1.54, 1.807) is 24.3 Å². The first kappa shape index (κ1) is 11.9. The molecule has 2 N–H and O–H groups in total. The molecule has 16 heavy (non-hydrogen) atoms. The number of azide groups is 1. The third-order valence-corrected chi connectivity index (χ3v) is 1.88. The third-order valence-electron chi connectivity index (χ3n) is 1.88. The van der Waals surface area contributed by atoms with E-state index in [0.717, 1.165) is 0 Å². The summed E-state index contributed by atoms with van der Waals surface area (Å²) in [5.74, 6) is -0.0680.